The lowest BCUT2D eigenvalue weighted by atomic mass is 10.3. The first-order valence-electron chi connectivity index (χ1n) is 4.74. The molecular weight excluding hydrogens is 196 g/mol. The van der Waals surface area contributed by atoms with E-state index in [0.717, 1.165) is 0 Å². The van der Waals surface area contributed by atoms with Crippen molar-refractivity contribution in [1.82, 2.24) is 0 Å². The summed E-state index contributed by atoms with van der Waals surface area (Å²) in [6, 6.07) is 8.86. The highest BCUT2D eigenvalue weighted by atomic mass is 16.7. The number of para-hydroxylation sites is 1. The molecule has 0 aliphatic rings. The number of esters is 1. The molecule has 0 fully saturated rings. The van der Waals surface area contributed by atoms with E-state index < -0.39 is 5.97 Å². The molecule has 0 aromatic heterocycles. The summed E-state index contributed by atoms with van der Waals surface area (Å²) in [7, 11) is 0. The number of rotatable bonds is 6. The Kier molecular flexibility index (Phi) is 5.43. The van der Waals surface area contributed by atoms with Crippen molar-refractivity contribution in [2.75, 3.05) is 20.0 Å². The molecule has 0 N–H and O–H groups in total. The molecular formula is C11H14O4. The minimum absolute atomic E-state index is 0.102. The van der Waals surface area contributed by atoms with Gasteiger partial charge in [0.15, 0.2) is 0 Å². The fourth-order valence-electron chi connectivity index (χ4n) is 0.917. The van der Waals surface area contributed by atoms with Gasteiger partial charge in [-0.25, -0.2) is 4.79 Å². The molecule has 1 aromatic rings. The Morgan fingerprint density at radius 2 is 1.93 bits per heavy atom. The minimum Gasteiger partial charge on any atom is -0.425 e. The molecule has 15 heavy (non-hydrogen) atoms. The first kappa shape index (κ1) is 11.7. The smallest absolute Gasteiger partial charge is 0.337 e. The lowest BCUT2D eigenvalue weighted by Crippen LogP contribution is -2.16. The van der Waals surface area contributed by atoms with Gasteiger partial charge < -0.3 is 14.2 Å². The highest BCUT2D eigenvalue weighted by molar-refractivity contribution is 5.73. The van der Waals surface area contributed by atoms with Crippen molar-refractivity contribution < 1.29 is 19.0 Å². The van der Waals surface area contributed by atoms with Crippen LogP contribution < -0.4 is 4.74 Å². The molecule has 0 atom stereocenters. The van der Waals surface area contributed by atoms with Crippen LogP contribution in [0.5, 0.6) is 5.75 Å². The molecule has 0 spiro atoms. The highest BCUT2D eigenvalue weighted by Crippen LogP contribution is 2.08. The number of hydrogen-bond acceptors (Lipinski definition) is 4. The zero-order chi connectivity index (χ0) is 10.9. The second-order valence-corrected chi connectivity index (χ2v) is 2.75. The Hall–Kier alpha value is -1.39. The topological polar surface area (TPSA) is 44.8 Å². The molecule has 0 unspecified atom stereocenters. The van der Waals surface area contributed by atoms with Crippen molar-refractivity contribution in [3.8, 4) is 5.75 Å². The summed E-state index contributed by atoms with van der Waals surface area (Å²) in [6.07, 6.45) is 0. The average molecular weight is 210 g/mol. The van der Waals surface area contributed by atoms with Gasteiger partial charge in [0.25, 0.3) is 0 Å². The van der Waals surface area contributed by atoms with Crippen LogP contribution in [-0.4, -0.2) is 26.0 Å². The Labute approximate surface area is 88.8 Å². The van der Waals surface area contributed by atoms with Crippen LogP contribution in [0.25, 0.3) is 0 Å². The van der Waals surface area contributed by atoms with Crippen LogP contribution in [0.2, 0.25) is 0 Å². The predicted octanol–water partition coefficient (Wildman–Crippen LogP) is 1.60. The molecule has 0 radical (unpaired) electrons. The lowest BCUT2D eigenvalue weighted by molar-refractivity contribution is -0.145. The van der Waals surface area contributed by atoms with E-state index in [4.69, 9.17) is 14.2 Å². The summed E-state index contributed by atoms with van der Waals surface area (Å²) in [5.74, 6) is 0.0865. The van der Waals surface area contributed by atoms with Gasteiger partial charge in [-0.1, -0.05) is 18.2 Å². The molecule has 0 amide bonds. The average Bonchev–Trinajstić information content (AvgIpc) is 2.26. The number of carbonyl (C=O) groups excluding carboxylic acids is 1. The van der Waals surface area contributed by atoms with Gasteiger partial charge in [0.2, 0.25) is 0 Å². The van der Waals surface area contributed by atoms with Gasteiger partial charge in [0.1, 0.15) is 19.1 Å². The molecule has 4 heteroatoms. The number of hydrogen-bond donors (Lipinski definition) is 0. The highest BCUT2D eigenvalue weighted by Gasteiger charge is 2.03. The third kappa shape index (κ3) is 5.15. The quantitative estimate of drug-likeness (QED) is 0.309. The van der Waals surface area contributed by atoms with E-state index in [1.165, 1.54) is 0 Å². The molecule has 82 valence electrons. The maximum absolute atomic E-state index is 11.2. The Bertz CT molecular complexity index is 284. The molecule has 0 saturated carbocycles. The van der Waals surface area contributed by atoms with Crippen LogP contribution in [0, 0.1) is 0 Å². The summed E-state index contributed by atoms with van der Waals surface area (Å²) in [4.78, 5) is 11.2. The largest absolute Gasteiger partial charge is 0.425 e. The van der Waals surface area contributed by atoms with E-state index in [0.29, 0.717) is 12.4 Å². The number of benzene rings is 1. The van der Waals surface area contributed by atoms with E-state index in [2.05, 4.69) is 0 Å². The summed E-state index contributed by atoms with van der Waals surface area (Å²) in [5.41, 5.74) is 0. The van der Waals surface area contributed by atoms with Gasteiger partial charge in [-0.3, -0.25) is 0 Å². The second kappa shape index (κ2) is 6.98. The Balaban J connectivity index is 2.19. The summed E-state index contributed by atoms with van der Waals surface area (Å²) >= 11 is 0. The van der Waals surface area contributed by atoms with Crippen LogP contribution in [0.1, 0.15) is 6.92 Å². The van der Waals surface area contributed by atoms with Gasteiger partial charge in [-0.15, -0.1) is 0 Å². The lowest BCUT2D eigenvalue weighted by Gasteiger charge is -2.04. The van der Waals surface area contributed by atoms with Crippen LogP contribution in [-0.2, 0) is 14.3 Å². The third-order valence-corrected chi connectivity index (χ3v) is 1.57. The maximum atomic E-state index is 11.2. The minimum atomic E-state index is -0.430. The van der Waals surface area contributed by atoms with Crippen molar-refractivity contribution in [3.63, 3.8) is 0 Å². The zero-order valence-corrected chi connectivity index (χ0v) is 8.64. The van der Waals surface area contributed by atoms with E-state index in [1.807, 2.05) is 13.0 Å². The van der Waals surface area contributed by atoms with Gasteiger partial charge in [0, 0.05) is 6.61 Å². The van der Waals surface area contributed by atoms with Crippen molar-refractivity contribution in [2.45, 2.75) is 6.92 Å². The molecule has 0 aliphatic heterocycles. The zero-order valence-electron chi connectivity index (χ0n) is 8.64. The Morgan fingerprint density at radius 3 is 2.60 bits per heavy atom. The van der Waals surface area contributed by atoms with Crippen molar-refractivity contribution in [1.29, 1.82) is 0 Å². The summed E-state index contributed by atoms with van der Waals surface area (Å²) in [5, 5.41) is 0. The molecule has 1 rings (SSSR count). The van der Waals surface area contributed by atoms with Crippen molar-refractivity contribution in [3.05, 3.63) is 30.3 Å². The first-order valence-corrected chi connectivity index (χ1v) is 4.74. The van der Waals surface area contributed by atoms with E-state index in [1.54, 1.807) is 24.3 Å². The molecule has 4 nitrogen and oxygen atoms in total. The van der Waals surface area contributed by atoms with Crippen LogP contribution in [0.3, 0.4) is 0 Å². The number of ether oxygens (including phenoxy) is 3. The van der Waals surface area contributed by atoms with Crippen LogP contribution in [0.15, 0.2) is 30.3 Å². The van der Waals surface area contributed by atoms with Crippen LogP contribution >= 0.6 is 0 Å². The van der Waals surface area contributed by atoms with Crippen molar-refractivity contribution >= 4 is 5.97 Å². The van der Waals surface area contributed by atoms with Crippen molar-refractivity contribution in [2.24, 2.45) is 0 Å². The standard InChI is InChI=1S/C11H14O4/c1-2-13-9-14-8-11(12)15-10-6-4-3-5-7-10/h3-7H,2,8-9H2,1H3. The normalized spacial score (nSPS) is 9.93. The summed E-state index contributed by atoms with van der Waals surface area (Å²) in [6.45, 7) is 2.43. The van der Waals surface area contributed by atoms with E-state index in [9.17, 15) is 4.79 Å². The molecule has 0 heterocycles. The fourth-order valence-corrected chi connectivity index (χ4v) is 0.917. The van der Waals surface area contributed by atoms with E-state index >= 15 is 0 Å². The van der Waals surface area contributed by atoms with Gasteiger partial charge in [0.05, 0.1) is 0 Å². The molecule has 1 aromatic carbocycles. The molecule has 0 saturated heterocycles. The predicted molar refractivity (Wildman–Crippen MR) is 54.5 cm³/mol. The molecule has 0 bridgehead atoms. The number of carbonyl (C=O) groups is 1. The van der Waals surface area contributed by atoms with Gasteiger partial charge >= 0.3 is 5.97 Å². The van der Waals surface area contributed by atoms with Gasteiger partial charge in [-0.05, 0) is 19.1 Å². The van der Waals surface area contributed by atoms with Gasteiger partial charge in [-0.2, -0.15) is 0 Å². The second-order valence-electron chi connectivity index (χ2n) is 2.75. The Morgan fingerprint density at radius 1 is 1.20 bits per heavy atom. The third-order valence-electron chi connectivity index (χ3n) is 1.57. The monoisotopic (exact) mass is 210 g/mol. The molecule has 0 aliphatic carbocycles. The summed E-state index contributed by atoms with van der Waals surface area (Å²) < 4.78 is 14.8. The first-order chi connectivity index (χ1) is 7.33. The SMILES string of the molecule is CCOCOCC(=O)Oc1ccccc1. The van der Waals surface area contributed by atoms with E-state index in [-0.39, 0.29) is 13.4 Å². The van der Waals surface area contributed by atoms with Crippen LogP contribution in [0.4, 0.5) is 0 Å². The maximum Gasteiger partial charge on any atom is 0.337 e. The fraction of sp³-hybridized carbons (Fsp3) is 0.364.